The zero-order chi connectivity index (χ0) is 20.4. The topological polar surface area (TPSA) is 66.4 Å². The molecule has 0 unspecified atom stereocenters. The van der Waals surface area contributed by atoms with Crippen LogP contribution in [0.3, 0.4) is 0 Å². The van der Waals surface area contributed by atoms with Crippen LogP contribution in [-0.2, 0) is 10.0 Å². The van der Waals surface area contributed by atoms with Gasteiger partial charge in [-0.2, -0.15) is 4.31 Å². The highest BCUT2D eigenvalue weighted by atomic mass is 32.2. The smallest absolute Gasteiger partial charge is 0.243 e. The van der Waals surface area contributed by atoms with Crippen LogP contribution >= 0.6 is 0 Å². The molecule has 1 aliphatic rings. The summed E-state index contributed by atoms with van der Waals surface area (Å²) in [6.45, 7) is 1.44. The van der Waals surface area contributed by atoms with E-state index in [1.165, 1.54) is 34.9 Å². The highest BCUT2D eigenvalue weighted by molar-refractivity contribution is 7.89. The lowest BCUT2D eigenvalue weighted by Gasteiger charge is -2.34. The van der Waals surface area contributed by atoms with Crippen molar-refractivity contribution in [3.05, 3.63) is 72.6 Å². The normalized spacial score (nSPS) is 15.4. The van der Waals surface area contributed by atoms with Crippen molar-refractivity contribution in [3.8, 4) is 11.3 Å². The van der Waals surface area contributed by atoms with Crippen LogP contribution in [-0.4, -0.2) is 48.9 Å². The second kappa shape index (κ2) is 7.84. The van der Waals surface area contributed by atoms with Crippen molar-refractivity contribution < 1.29 is 17.2 Å². The number of halogens is 2. The van der Waals surface area contributed by atoms with Crippen LogP contribution < -0.4 is 4.90 Å². The summed E-state index contributed by atoms with van der Waals surface area (Å²) < 4.78 is 53.4. The van der Waals surface area contributed by atoms with Crippen molar-refractivity contribution in [1.29, 1.82) is 0 Å². The molecule has 1 aliphatic heterocycles. The summed E-state index contributed by atoms with van der Waals surface area (Å²) in [5.41, 5.74) is 1.24. The predicted molar refractivity (Wildman–Crippen MR) is 105 cm³/mol. The second-order valence-corrected chi connectivity index (χ2v) is 8.55. The van der Waals surface area contributed by atoms with Gasteiger partial charge in [-0.25, -0.2) is 27.2 Å². The van der Waals surface area contributed by atoms with Gasteiger partial charge in [-0.1, -0.05) is 12.1 Å². The van der Waals surface area contributed by atoms with Gasteiger partial charge in [0.2, 0.25) is 10.0 Å². The maximum atomic E-state index is 13.5. The van der Waals surface area contributed by atoms with Crippen LogP contribution in [0.15, 0.2) is 65.8 Å². The third-order valence-corrected chi connectivity index (χ3v) is 6.70. The largest absolute Gasteiger partial charge is 0.354 e. The van der Waals surface area contributed by atoms with Crippen molar-refractivity contribution in [2.24, 2.45) is 0 Å². The van der Waals surface area contributed by atoms with Crippen molar-refractivity contribution >= 4 is 15.8 Å². The average Bonchev–Trinajstić information content (AvgIpc) is 2.74. The van der Waals surface area contributed by atoms with Gasteiger partial charge in [0.15, 0.2) is 0 Å². The predicted octanol–water partition coefficient (Wildman–Crippen LogP) is 2.93. The molecule has 1 aromatic heterocycles. The molecule has 0 bridgehead atoms. The molecule has 0 aliphatic carbocycles. The SMILES string of the molecule is O=S(=O)(c1ccc(F)cc1)N1CCN(c2cc(-c3cccc(F)c3)ncn2)CC1. The number of sulfonamides is 1. The van der Waals surface area contributed by atoms with Crippen LogP contribution in [0.5, 0.6) is 0 Å². The standard InChI is InChI=1S/C20H18F2N4O2S/c21-16-4-6-18(7-5-16)29(27,28)26-10-8-25(9-11-26)20-13-19(23-14-24-20)15-2-1-3-17(22)12-15/h1-7,12-14H,8-11H2. The summed E-state index contributed by atoms with van der Waals surface area (Å²) in [4.78, 5) is 10.5. The minimum Gasteiger partial charge on any atom is -0.354 e. The third-order valence-electron chi connectivity index (χ3n) is 4.79. The van der Waals surface area contributed by atoms with Crippen molar-refractivity contribution in [3.63, 3.8) is 0 Å². The molecular weight excluding hydrogens is 398 g/mol. The van der Waals surface area contributed by atoms with E-state index in [0.717, 1.165) is 12.1 Å². The molecule has 4 rings (SSSR count). The Hall–Kier alpha value is -2.91. The molecule has 6 nitrogen and oxygen atoms in total. The minimum absolute atomic E-state index is 0.0720. The summed E-state index contributed by atoms with van der Waals surface area (Å²) in [6.07, 6.45) is 1.41. The highest BCUT2D eigenvalue weighted by Crippen LogP contribution is 2.24. The maximum absolute atomic E-state index is 13.5. The van der Waals surface area contributed by atoms with Gasteiger partial charge in [0, 0.05) is 37.8 Å². The van der Waals surface area contributed by atoms with Gasteiger partial charge in [0.05, 0.1) is 10.6 Å². The molecule has 9 heteroatoms. The van der Waals surface area contributed by atoms with Gasteiger partial charge in [0.1, 0.15) is 23.8 Å². The molecule has 0 atom stereocenters. The third kappa shape index (κ3) is 4.10. The van der Waals surface area contributed by atoms with Crippen LogP contribution in [0, 0.1) is 11.6 Å². The lowest BCUT2D eigenvalue weighted by Crippen LogP contribution is -2.48. The molecule has 2 aromatic carbocycles. The number of hydrogen-bond acceptors (Lipinski definition) is 5. The van der Waals surface area contributed by atoms with Crippen LogP contribution in [0.1, 0.15) is 0 Å². The van der Waals surface area contributed by atoms with E-state index >= 15 is 0 Å². The minimum atomic E-state index is -3.67. The number of rotatable bonds is 4. The summed E-state index contributed by atoms with van der Waals surface area (Å²) in [5, 5.41) is 0. The summed E-state index contributed by atoms with van der Waals surface area (Å²) in [6, 6.07) is 12.7. The Morgan fingerprint density at radius 1 is 0.828 bits per heavy atom. The number of benzene rings is 2. The van der Waals surface area contributed by atoms with E-state index in [1.54, 1.807) is 18.2 Å². The quantitative estimate of drug-likeness (QED) is 0.654. The average molecular weight is 416 g/mol. The lowest BCUT2D eigenvalue weighted by molar-refractivity contribution is 0.383. The van der Waals surface area contributed by atoms with E-state index in [9.17, 15) is 17.2 Å². The van der Waals surface area contributed by atoms with Gasteiger partial charge in [-0.3, -0.25) is 0 Å². The van der Waals surface area contributed by atoms with E-state index < -0.39 is 15.8 Å². The molecule has 0 N–H and O–H groups in total. The van der Waals surface area contributed by atoms with E-state index in [4.69, 9.17) is 0 Å². The molecule has 150 valence electrons. The number of piperazine rings is 1. The molecule has 1 saturated heterocycles. The molecule has 3 aromatic rings. The first-order chi connectivity index (χ1) is 13.9. The summed E-state index contributed by atoms with van der Waals surface area (Å²) in [7, 11) is -3.67. The van der Waals surface area contributed by atoms with Crippen molar-refractivity contribution in [2.75, 3.05) is 31.1 Å². The van der Waals surface area contributed by atoms with Gasteiger partial charge in [0.25, 0.3) is 0 Å². The second-order valence-electron chi connectivity index (χ2n) is 6.62. The van der Waals surface area contributed by atoms with Crippen LogP contribution in [0.4, 0.5) is 14.6 Å². The van der Waals surface area contributed by atoms with Crippen LogP contribution in [0.25, 0.3) is 11.3 Å². The zero-order valence-corrected chi connectivity index (χ0v) is 16.2. The van der Waals surface area contributed by atoms with E-state index in [0.29, 0.717) is 30.2 Å². The number of nitrogens with zero attached hydrogens (tertiary/aromatic N) is 4. The van der Waals surface area contributed by atoms with Crippen molar-refractivity contribution in [1.82, 2.24) is 14.3 Å². The number of anilines is 1. The van der Waals surface area contributed by atoms with E-state index in [2.05, 4.69) is 9.97 Å². The maximum Gasteiger partial charge on any atom is 0.243 e. The molecule has 2 heterocycles. The summed E-state index contributed by atoms with van der Waals surface area (Å²) >= 11 is 0. The van der Waals surface area contributed by atoms with Gasteiger partial charge in [-0.05, 0) is 36.4 Å². The number of aromatic nitrogens is 2. The Bertz CT molecular complexity index is 1120. The van der Waals surface area contributed by atoms with Gasteiger partial charge < -0.3 is 4.90 Å². The fourth-order valence-electron chi connectivity index (χ4n) is 3.24. The molecule has 1 fully saturated rings. The van der Waals surface area contributed by atoms with Crippen molar-refractivity contribution in [2.45, 2.75) is 4.90 Å². The Labute approximate surface area is 167 Å². The number of hydrogen-bond donors (Lipinski definition) is 0. The zero-order valence-electron chi connectivity index (χ0n) is 15.4. The van der Waals surface area contributed by atoms with E-state index in [-0.39, 0.29) is 23.8 Å². The molecule has 0 radical (unpaired) electrons. The fraction of sp³-hybridized carbons (Fsp3) is 0.200. The Morgan fingerprint density at radius 2 is 1.55 bits per heavy atom. The molecular formula is C20H18F2N4O2S. The van der Waals surface area contributed by atoms with E-state index in [1.807, 2.05) is 4.90 Å². The molecule has 29 heavy (non-hydrogen) atoms. The molecule has 0 amide bonds. The fourth-order valence-corrected chi connectivity index (χ4v) is 4.66. The first kappa shape index (κ1) is 19.4. The Balaban J connectivity index is 1.49. The van der Waals surface area contributed by atoms with Crippen LogP contribution in [0.2, 0.25) is 0 Å². The molecule has 0 spiro atoms. The van der Waals surface area contributed by atoms with Gasteiger partial charge in [-0.15, -0.1) is 0 Å². The molecule has 0 saturated carbocycles. The summed E-state index contributed by atoms with van der Waals surface area (Å²) in [5.74, 6) is -0.174. The Morgan fingerprint density at radius 3 is 2.24 bits per heavy atom. The monoisotopic (exact) mass is 416 g/mol. The van der Waals surface area contributed by atoms with Gasteiger partial charge >= 0.3 is 0 Å². The Kier molecular flexibility index (Phi) is 5.25. The lowest BCUT2D eigenvalue weighted by atomic mass is 10.1. The highest BCUT2D eigenvalue weighted by Gasteiger charge is 2.29. The first-order valence-electron chi connectivity index (χ1n) is 9.02. The first-order valence-corrected chi connectivity index (χ1v) is 10.5.